The summed E-state index contributed by atoms with van der Waals surface area (Å²) in [6.45, 7) is 0.322. The third kappa shape index (κ3) is 4.35. The fraction of sp³-hybridized carbons (Fsp3) is 0.227. The van der Waals surface area contributed by atoms with Crippen molar-refractivity contribution < 1.29 is 19.4 Å². The number of carbonyl (C=O) groups excluding carboxylic acids is 1. The lowest BCUT2D eigenvalue weighted by Crippen LogP contribution is -2.30. The standard InChI is InChI=1S/C22H24N2O4/c1-27-20-12-6-11-18(21(20)28-2)24-22(26)23-14-13-19(25)17-10-5-8-15-7-3-4-9-16(15)17/h3-12,19,25H,13-14H2,1-2H3,(H2,23,24,26). The Morgan fingerprint density at radius 2 is 1.75 bits per heavy atom. The molecule has 3 aromatic rings. The van der Waals surface area contributed by atoms with Gasteiger partial charge in [0.25, 0.3) is 0 Å². The van der Waals surface area contributed by atoms with Gasteiger partial charge < -0.3 is 25.2 Å². The maximum absolute atomic E-state index is 12.2. The van der Waals surface area contributed by atoms with E-state index in [-0.39, 0.29) is 6.03 Å². The van der Waals surface area contributed by atoms with Crippen molar-refractivity contribution in [3.63, 3.8) is 0 Å². The molecule has 28 heavy (non-hydrogen) atoms. The Morgan fingerprint density at radius 3 is 2.54 bits per heavy atom. The molecule has 0 bridgehead atoms. The number of rotatable bonds is 7. The van der Waals surface area contributed by atoms with Crippen LogP contribution >= 0.6 is 0 Å². The van der Waals surface area contributed by atoms with Gasteiger partial charge in [0.05, 0.1) is 26.0 Å². The van der Waals surface area contributed by atoms with E-state index in [2.05, 4.69) is 10.6 Å². The number of methoxy groups -OCH3 is 2. The lowest BCUT2D eigenvalue weighted by molar-refractivity contribution is 0.169. The molecule has 1 atom stereocenters. The van der Waals surface area contributed by atoms with Crippen LogP contribution in [0.5, 0.6) is 11.5 Å². The molecule has 6 heteroatoms. The molecule has 0 spiro atoms. The third-order valence-electron chi connectivity index (χ3n) is 4.54. The van der Waals surface area contributed by atoms with Gasteiger partial charge in [-0.2, -0.15) is 0 Å². The van der Waals surface area contributed by atoms with Crippen LogP contribution in [-0.4, -0.2) is 31.9 Å². The minimum absolute atomic E-state index is 0.322. The van der Waals surface area contributed by atoms with Crippen molar-refractivity contribution in [3.05, 3.63) is 66.2 Å². The van der Waals surface area contributed by atoms with E-state index in [4.69, 9.17) is 9.47 Å². The molecule has 0 fully saturated rings. The molecule has 146 valence electrons. The molecule has 0 radical (unpaired) electrons. The van der Waals surface area contributed by atoms with Crippen LogP contribution in [0, 0.1) is 0 Å². The monoisotopic (exact) mass is 380 g/mol. The minimum atomic E-state index is -0.669. The summed E-state index contributed by atoms with van der Waals surface area (Å²) in [6, 6.07) is 18.6. The first-order valence-electron chi connectivity index (χ1n) is 9.05. The van der Waals surface area contributed by atoms with Gasteiger partial charge in [-0.15, -0.1) is 0 Å². The van der Waals surface area contributed by atoms with E-state index in [1.165, 1.54) is 14.2 Å². The van der Waals surface area contributed by atoms with E-state index in [1.54, 1.807) is 18.2 Å². The largest absolute Gasteiger partial charge is 0.493 e. The lowest BCUT2D eigenvalue weighted by Gasteiger charge is -2.16. The molecule has 6 nitrogen and oxygen atoms in total. The van der Waals surface area contributed by atoms with Crippen LogP contribution in [0.25, 0.3) is 10.8 Å². The molecule has 0 aromatic heterocycles. The first-order valence-corrected chi connectivity index (χ1v) is 9.05. The van der Waals surface area contributed by atoms with Gasteiger partial charge in [0.15, 0.2) is 11.5 Å². The third-order valence-corrected chi connectivity index (χ3v) is 4.54. The zero-order valence-corrected chi connectivity index (χ0v) is 15.9. The summed E-state index contributed by atoms with van der Waals surface area (Å²) in [5, 5.41) is 18.2. The number of aliphatic hydroxyl groups is 1. The van der Waals surface area contributed by atoms with Crippen LogP contribution in [0.4, 0.5) is 10.5 Å². The van der Waals surface area contributed by atoms with Crippen LogP contribution in [0.3, 0.4) is 0 Å². The molecule has 0 aliphatic rings. The molecule has 3 N–H and O–H groups in total. The molecule has 0 saturated carbocycles. The minimum Gasteiger partial charge on any atom is -0.493 e. The van der Waals surface area contributed by atoms with Gasteiger partial charge in [-0.1, -0.05) is 48.5 Å². The first kappa shape index (κ1) is 19.5. The smallest absolute Gasteiger partial charge is 0.319 e. The number of hydrogen-bond donors (Lipinski definition) is 3. The normalized spacial score (nSPS) is 11.7. The number of nitrogens with one attached hydrogen (secondary N) is 2. The van der Waals surface area contributed by atoms with E-state index in [9.17, 15) is 9.90 Å². The molecule has 0 aliphatic heterocycles. The van der Waals surface area contributed by atoms with Gasteiger partial charge in [-0.3, -0.25) is 0 Å². The number of anilines is 1. The second-order valence-electron chi connectivity index (χ2n) is 6.29. The Bertz CT molecular complexity index is 953. The topological polar surface area (TPSA) is 79.8 Å². The maximum Gasteiger partial charge on any atom is 0.319 e. The molecule has 0 heterocycles. The van der Waals surface area contributed by atoms with Crippen LogP contribution in [0.1, 0.15) is 18.1 Å². The van der Waals surface area contributed by atoms with Gasteiger partial charge in [0.2, 0.25) is 0 Å². The number of fused-ring (bicyclic) bond motifs is 1. The molecular formula is C22H24N2O4. The molecule has 3 aromatic carbocycles. The first-order chi connectivity index (χ1) is 13.6. The zero-order chi connectivity index (χ0) is 19.9. The number of hydrogen-bond acceptors (Lipinski definition) is 4. The Balaban J connectivity index is 1.58. The number of urea groups is 1. The zero-order valence-electron chi connectivity index (χ0n) is 15.9. The highest BCUT2D eigenvalue weighted by atomic mass is 16.5. The van der Waals surface area contributed by atoms with Crippen molar-refractivity contribution in [2.45, 2.75) is 12.5 Å². The van der Waals surface area contributed by atoms with E-state index >= 15 is 0 Å². The number of benzene rings is 3. The van der Waals surface area contributed by atoms with Gasteiger partial charge in [-0.25, -0.2) is 4.79 Å². The predicted octanol–water partition coefficient (Wildman–Crippen LogP) is 4.10. The summed E-state index contributed by atoms with van der Waals surface area (Å²) >= 11 is 0. The fourth-order valence-corrected chi connectivity index (χ4v) is 3.17. The average molecular weight is 380 g/mol. The van der Waals surface area contributed by atoms with Crippen LogP contribution in [-0.2, 0) is 0 Å². The summed E-state index contributed by atoms with van der Waals surface area (Å²) in [5.74, 6) is 0.989. The number of aliphatic hydroxyl groups excluding tert-OH is 1. The highest BCUT2D eigenvalue weighted by Gasteiger charge is 2.14. The van der Waals surface area contributed by atoms with Crippen molar-refractivity contribution in [3.8, 4) is 11.5 Å². The van der Waals surface area contributed by atoms with E-state index < -0.39 is 6.10 Å². The Labute approximate surface area is 164 Å². The Kier molecular flexibility index (Phi) is 6.34. The second-order valence-corrected chi connectivity index (χ2v) is 6.29. The van der Waals surface area contributed by atoms with Crippen molar-refractivity contribution in [1.29, 1.82) is 0 Å². The Hall–Kier alpha value is -3.25. The predicted molar refractivity (Wildman–Crippen MR) is 110 cm³/mol. The summed E-state index contributed by atoms with van der Waals surface area (Å²) in [4.78, 5) is 12.2. The molecule has 2 amide bonds. The Morgan fingerprint density at radius 1 is 1.00 bits per heavy atom. The highest BCUT2D eigenvalue weighted by molar-refractivity contribution is 5.91. The van der Waals surface area contributed by atoms with Crippen molar-refractivity contribution in [2.75, 3.05) is 26.1 Å². The second kappa shape index (κ2) is 9.10. The van der Waals surface area contributed by atoms with E-state index in [0.29, 0.717) is 30.2 Å². The fourth-order valence-electron chi connectivity index (χ4n) is 3.17. The molecule has 0 saturated heterocycles. The number of para-hydroxylation sites is 1. The summed E-state index contributed by atoms with van der Waals surface area (Å²) in [6.07, 6.45) is -0.269. The average Bonchev–Trinajstić information content (AvgIpc) is 2.72. The number of carbonyl (C=O) groups is 1. The summed E-state index contributed by atoms with van der Waals surface area (Å²) in [7, 11) is 3.05. The SMILES string of the molecule is COc1cccc(NC(=O)NCCC(O)c2cccc3ccccc23)c1OC. The quantitative estimate of drug-likeness (QED) is 0.576. The van der Waals surface area contributed by atoms with Crippen molar-refractivity contribution in [2.24, 2.45) is 0 Å². The summed E-state index contributed by atoms with van der Waals surface area (Å²) in [5.41, 5.74) is 1.36. The highest BCUT2D eigenvalue weighted by Crippen LogP contribution is 2.34. The van der Waals surface area contributed by atoms with E-state index in [1.807, 2.05) is 42.5 Å². The molecule has 3 rings (SSSR count). The van der Waals surface area contributed by atoms with Crippen molar-refractivity contribution >= 4 is 22.5 Å². The van der Waals surface area contributed by atoms with Gasteiger partial charge in [-0.05, 0) is 34.9 Å². The van der Waals surface area contributed by atoms with Crippen molar-refractivity contribution in [1.82, 2.24) is 5.32 Å². The summed E-state index contributed by atoms with van der Waals surface area (Å²) < 4.78 is 10.5. The maximum atomic E-state index is 12.2. The van der Waals surface area contributed by atoms with Crippen LogP contribution in [0.15, 0.2) is 60.7 Å². The molecule has 0 aliphatic carbocycles. The van der Waals surface area contributed by atoms with Gasteiger partial charge in [0, 0.05) is 6.54 Å². The van der Waals surface area contributed by atoms with Gasteiger partial charge in [0.1, 0.15) is 0 Å². The number of ether oxygens (including phenoxy) is 2. The van der Waals surface area contributed by atoms with Crippen LogP contribution in [0.2, 0.25) is 0 Å². The molecular weight excluding hydrogens is 356 g/mol. The molecule has 1 unspecified atom stereocenters. The van der Waals surface area contributed by atoms with Crippen LogP contribution < -0.4 is 20.1 Å². The number of amides is 2. The van der Waals surface area contributed by atoms with E-state index in [0.717, 1.165) is 16.3 Å². The van der Waals surface area contributed by atoms with Gasteiger partial charge >= 0.3 is 6.03 Å². The lowest BCUT2D eigenvalue weighted by atomic mass is 9.99.